The standard InChI is InChI=1S/C17H28N2O3/c1-5-19(9-8-17(20)21)15-7-6-14(10-16(15)22-4)12-18-11-13(2)3/h6-7,10,13,18H,5,8-9,11-12H2,1-4H3,(H,20,21). The van der Waals surface area contributed by atoms with Crippen LogP contribution in [0.5, 0.6) is 5.75 Å². The van der Waals surface area contributed by atoms with E-state index in [1.54, 1.807) is 7.11 Å². The topological polar surface area (TPSA) is 61.8 Å². The Morgan fingerprint density at radius 3 is 2.68 bits per heavy atom. The summed E-state index contributed by atoms with van der Waals surface area (Å²) < 4.78 is 5.49. The van der Waals surface area contributed by atoms with Crippen molar-refractivity contribution in [1.29, 1.82) is 0 Å². The van der Waals surface area contributed by atoms with Gasteiger partial charge in [-0.3, -0.25) is 4.79 Å². The van der Waals surface area contributed by atoms with E-state index in [0.717, 1.165) is 36.6 Å². The zero-order chi connectivity index (χ0) is 16.5. The minimum absolute atomic E-state index is 0.120. The molecule has 0 aromatic heterocycles. The zero-order valence-electron chi connectivity index (χ0n) is 14.1. The van der Waals surface area contributed by atoms with Gasteiger partial charge in [-0.2, -0.15) is 0 Å². The summed E-state index contributed by atoms with van der Waals surface area (Å²) >= 11 is 0. The van der Waals surface area contributed by atoms with Gasteiger partial charge in [0, 0.05) is 19.6 Å². The second kappa shape index (κ2) is 9.30. The molecule has 0 saturated heterocycles. The third kappa shape index (κ3) is 5.93. The number of hydrogen-bond acceptors (Lipinski definition) is 4. The highest BCUT2D eigenvalue weighted by Crippen LogP contribution is 2.29. The molecule has 0 atom stereocenters. The maximum Gasteiger partial charge on any atom is 0.305 e. The fourth-order valence-corrected chi connectivity index (χ4v) is 2.28. The van der Waals surface area contributed by atoms with Crippen molar-refractivity contribution in [2.24, 2.45) is 5.92 Å². The van der Waals surface area contributed by atoms with Gasteiger partial charge in [0.1, 0.15) is 5.75 Å². The average Bonchev–Trinajstić information content (AvgIpc) is 2.48. The molecule has 2 N–H and O–H groups in total. The van der Waals surface area contributed by atoms with E-state index in [2.05, 4.69) is 25.2 Å². The van der Waals surface area contributed by atoms with Crippen molar-refractivity contribution in [2.45, 2.75) is 33.7 Å². The Morgan fingerprint density at radius 1 is 1.41 bits per heavy atom. The number of benzene rings is 1. The highest BCUT2D eigenvalue weighted by Gasteiger charge is 2.12. The van der Waals surface area contributed by atoms with Crippen LogP contribution >= 0.6 is 0 Å². The molecule has 0 aliphatic carbocycles. The van der Waals surface area contributed by atoms with Crippen LogP contribution in [0, 0.1) is 5.92 Å². The van der Waals surface area contributed by atoms with E-state index in [4.69, 9.17) is 9.84 Å². The Labute approximate surface area is 133 Å². The molecule has 0 bridgehead atoms. The summed E-state index contributed by atoms with van der Waals surface area (Å²) in [7, 11) is 1.65. The number of carboxylic acid groups (broad SMARTS) is 1. The summed E-state index contributed by atoms with van der Waals surface area (Å²) in [5.74, 6) is 0.621. The molecule has 124 valence electrons. The van der Waals surface area contributed by atoms with Crippen LogP contribution in [0.4, 0.5) is 5.69 Å². The lowest BCUT2D eigenvalue weighted by Gasteiger charge is -2.25. The van der Waals surface area contributed by atoms with Gasteiger partial charge in [0.2, 0.25) is 0 Å². The molecular formula is C17H28N2O3. The maximum atomic E-state index is 10.8. The van der Waals surface area contributed by atoms with Crippen molar-refractivity contribution >= 4 is 11.7 Å². The summed E-state index contributed by atoms with van der Waals surface area (Å²) in [6, 6.07) is 6.09. The zero-order valence-corrected chi connectivity index (χ0v) is 14.1. The molecule has 0 spiro atoms. The van der Waals surface area contributed by atoms with Crippen molar-refractivity contribution in [3.63, 3.8) is 0 Å². The fourth-order valence-electron chi connectivity index (χ4n) is 2.28. The monoisotopic (exact) mass is 308 g/mol. The lowest BCUT2D eigenvalue weighted by molar-refractivity contribution is -0.136. The number of methoxy groups -OCH3 is 1. The number of hydrogen-bond donors (Lipinski definition) is 2. The predicted molar refractivity (Wildman–Crippen MR) is 89.7 cm³/mol. The SMILES string of the molecule is CCN(CCC(=O)O)c1ccc(CNCC(C)C)cc1OC. The van der Waals surface area contributed by atoms with E-state index in [-0.39, 0.29) is 6.42 Å². The Hall–Kier alpha value is -1.75. The molecule has 1 rings (SSSR count). The molecule has 1 aromatic rings. The molecule has 0 heterocycles. The molecular weight excluding hydrogens is 280 g/mol. The molecule has 0 unspecified atom stereocenters. The number of nitrogens with zero attached hydrogens (tertiary/aromatic N) is 1. The van der Waals surface area contributed by atoms with Gasteiger partial charge < -0.3 is 20.1 Å². The molecule has 22 heavy (non-hydrogen) atoms. The minimum atomic E-state index is -0.785. The van der Waals surface area contributed by atoms with Gasteiger partial charge in [-0.05, 0) is 37.1 Å². The van der Waals surface area contributed by atoms with Crippen LogP contribution < -0.4 is 15.0 Å². The van der Waals surface area contributed by atoms with Crippen LogP contribution in [0.3, 0.4) is 0 Å². The number of ether oxygens (including phenoxy) is 1. The number of anilines is 1. The van der Waals surface area contributed by atoms with Gasteiger partial charge in [-0.25, -0.2) is 0 Å². The lowest BCUT2D eigenvalue weighted by atomic mass is 10.1. The normalized spacial score (nSPS) is 10.8. The van der Waals surface area contributed by atoms with Crippen LogP contribution in [-0.4, -0.2) is 37.8 Å². The Balaban J connectivity index is 2.80. The van der Waals surface area contributed by atoms with Gasteiger partial charge in [-0.1, -0.05) is 19.9 Å². The van der Waals surface area contributed by atoms with Crippen molar-refractivity contribution in [3.8, 4) is 5.75 Å². The van der Waals surface area contributed by atoms with Crippen LogP contribution in [0.2, 0.25) is 0 Å². The highest BCUT2D eigenvalue weighted by molar-refractivity contribution is 5.68. The summed E-state index contributed by atoms with van der Waals surface area (Å²) in [4.78, 5) is 12.8. The minimum Gasteiger partial charge on any atom is -0.495 e. The fraction of sp³-hybridized carbons (Fsp3) is 0.588. The van der Waals surface area contributed by atoms with E-state index in [0.29, 0.717) is 12.5 Å². The first-order valence-electron chi connectivity index (χ1n) is 7.82. The molecule has 0 saturated carbocycles. The second-order valence-electron chi connectivity index (χ2n) is 5.75. The van der Waals surface area contributed by atoms with Crippen LogP contribution in [0.15, 0.2) is 18.2 Å². The average molecular weight is 308 g/mol. The summed E-state index contributed by atoms with van der Waals surface area (Å²) in [6.45, 7) is 9.37. The van der Waals surface area contributed by atoms with Crippen LogP contribution in [0.25, 0.3) is 0 Å². The van der Waals surface area contributed by atoms with E-state index in [1.165, 1.54) is 0 Å². The number of carbonyl (C=O) groups is 1. The van der Waals surface area contributed by atoms with Crippen molar-refractivity contribution in [3.05, 3.63) is 23.8 Å². The molecule has 0 aliphatic rings. The van der Waals surface area contributed by atoms with Gasteiger partial charge in [0.25, 0.3) is 0 Å². The summed E-state index contributed by atoms with van der Waals surface area (Å²) in [5.41, 5.74) is 2.11. The third-order valence-corrected chi connectivity index (χ3v) is 3.44. The quantitative estimate of drug-likeness (QED) is 0.696. The number of rotatable bonds is 10. The van der Waals surface area contributed by atoms with Crippen molar-refractivity contribution in [1.82, 2.24) is 5.32 Å². The van der Waals surface area contributed by atoms with Crippen molar-refractivity contribution in [2.75, 3.05) is 31.6 Å². The van der Waals surface area contributed by atoms with Gasteiger partial charge in [-0.15, -0.1) is 0 Å². The predicted octanol–water partition coefficient (Wildman–Crippen LogP) is 2.74. The van der Waals surface area contributed by atoms with Crippen LogP contribution in [0.1, 0.15) is 32.8 Å². The molecule has 0 radical (unpaired) electrons. The first kappa shape index (κ1) is 18.3. The molecule has 0 fully saturated rings. The molecule has 0 aliphatic heterocycles. The van der Waals surface area contributed by atoms with Crippen LogP contribution in [-0.2, 0) is 11.3 Å². The second-order valence-corrected chi connectivity index (χ2v) is 5.75. The highest BCUT2D eigenvalue weighted by atomic mass is 16.5. The Bertz CT molecular complexity index is 475. The third-order valence-electron chi connectivity index (χ3n) is 3.44. The number of nitrogens with one attached hydrogen (secondary N) is 1. The van der Waals surface area contributed by atoms with Gasteiger partial charge in [0.05, 0.1) is 19.2 Å². The first-order chi connectivity index (χ1) is 10.5. The summed E-state index contributed by atoms with van der Waals surface area (Å²) in [6.07, 6.45) is 0.120. The maximum absolute atomic E-state index is 10.8. The van der Waals surface area contributed by atoms with E-state index in [9.17, 15) is 4.79 Å². The molecule has 5 nitrogen and oxygen atoms in total. The smallest absolute Gasteiger partial charge is 0.305 e. The van der Waals surface area contributed by atoms with E-state index < -0.39 is 5.97 Å². The summed E-state index contributed by atoms with van der Waals surface area (Å²) in [5, 5.41) is 12.3. The van der Waals surface area contributed by atoms with E-state index in [1.807, 2.05) is 24.0 Å². The van der Waals surface area contributed by atoms with E-state index >= 15 is 0 Å². The van der Waals surface area contributed by atoms with Gasteiger partial charge >= 0.3 is 5.97 Å². The largest absolute Gasteiger partial charge is 0.495 e. The first-order valence-corrected chi connectivity index (χ1v) is 7.82. The lowest BCUT2D eigenvalue weighted by Crippen LogP contribution is -2.26. The number of carboxylic acids is 1. The molecule has 1 aromatic carbocycles. The Morgan fingerprint density at radius 2 is 2.14 bits per heavy atom. The molecule has 5 heteroatoms. The number of aliphatic carboxylic acids is 1. The molecule has 0 amide bonds. The van der Waals surface area contributed by atoms with Crippen molar-refractivity contribution < 1.29 is 14.6 Å². The van der Waals surface area contributed by atoms with Gasteiger partial charge in [0.15, 0.2) is 0 Å². The Kier molecular flexibility index (Phi) is 7.74.